The molecule has 164 valence electrons. The summed E-state index contributed by atoms with van der Waals surface area (Å²) in [6, 6.07) is 8.25. The van der Waals surface area contributed by atoms with E-state index in [4.69, 9.17) is 12.2 Å². The van der Waals surface area contributed by atoms with Crippen LogP contribution in [0.25, 0.3) is 0 Å². The van der Waals surface area contributed by atoms with Gasteiger partial charge in [-0.05, 0) is 31.1 Å². The zero-order valence-corrected chi connectivity index (χ0v) is 19.7. The van der Waals surface area contributed by atoms with Gasteiger partial charge < -0.3 is 5.32 Å². The summed E-state index contributed by atoms with van der Waals surface area (Å²) < 4.78 is 0. The Bertz CT molecular complexity index is 540. The highest BCUT2D eigenvalue weighted by Crippen LogP contribution is 2.12. The monoisotopic (exact) mass is 417 g/mol. The average Bonchev–Trinajstić information content (AvgIpc) is 2.72. The summed E-state index contributed by atoms with van der Waals surface area (Å²) in [5.74, 6) is 0. The molecule has 0 fully saturated rings. The molecule has 4 heteroatoms. The number of hydrazone groups is 1. The van der Waals surface area contributed by atoms with Crippen molar-refractivity contribution < 1.29 is 0 Å². The van der Waals surface area contributed by atoms with Gasteiger partial charge in [0.05, 0.1) is 6.21 Å². The van der Waals surface area contributed by atoms with Crippen molar-refractivity contribution >= 4 is 23.5 Å². The summed E-state index contributed by atoms with van der Waals surface area (Å²) in [6.45, 7) is 5.28. The van der Waals surface area contributed by atoms with Gasteiger partial charge in [0.15, 0.2) is 5.11 Å². The predicted octanol–water partition coefficient (Wildman–Crippen LogP) is 7.27. The van der Waals surface area contributed by atoms with E-state index >= 15 is 0 Å². The fourth-order valence-electron chi connectivity index (χ4n) is 3.38. The van der Waals surface area contributed by atoms with Gasteiger partial charge in [-0.2, -0.15) is 5.10 Å². The first-order valence-corrected chi connectivity index (χ1v) is 12.3. The second kappa shape index (κ2) is 18.6. The maximum absolute atomic E-state index is 5.25. The van der Waals surface area contributed by atoms with Crippen LogP contribution < -0.4 is 10.7 Å². The molecule has 1 aromatic rings. The third kappa shape index (κ3) is 16.1. The first-order chi connectivity index (χ1) is 14.2. The van der Waals surface area contributed by atoms with Crippen LogP contribution in [0.15, 0.2) is 29.4 Å². The molecule has 29 heavy (non-hydrogen) atoms. The van der Waals surface area contributed by atoms with E-state index in [0.717, 1.165) is 12.1 Å². The van der Waals surface area contributed by atoms with Crippen molar-refractivity contribution in [3.63, 3.8) is 0 Å². The zero-order valence-electron chi connectivity index (χ0n) is 18.8. The van der Waals surface area contributed by atoms with Gasteiger partial charge in [-0.15, -0.1) is 0 Å². The van der Waals surface area contributed by atoms with Gasteiger partial charge in [-0.3, -0.25) is 5.43 Å². The molecule has 0 spiro atoms. The SMILES string of the molecule is CCCCCCCCCCCCCCCCNC(=S)N/N=C/c1ccc(C)cc1. The zero-order chi connectivity index (χ0) is 21.0. The van der Waals surface area contributed by atoms with Gasteiger partial charge in [-0.25, -0.2) is 0 Å². The van der Waals surface area contributed by atoms with Crippen LogP contribution in [0.5, 0.6) is 0 Å². The maximum atomic E-state index is 5.25. The number of rotatable bonds is 17. The van der Waals surface area contributed by atoms with Gasteiger partial charge in [0.1, 0.15) is 0 Å². The number of unbranched alkanes of at least 4 members (excludes halogenated alkanes) is 13. The van der Waals surface area contributed by atoms with Gasteiger partial charge in [0, 0.05) is 6.54 Å². The summed E-state index contributed by atoms with van der Waals surface area (Å²) in [5.41, 5.74) is 5.20. The minimum absolute atomic E-state index is 0.600. The quantitative estimate of drug-likeness (QED) is 0.121. The lowest BCUT2D eigenvalue weighted by Crippen LogP contribution is -2.32. The van der Waals surface area contributed by atoms with Crippen LogP contribution >= 0.6 is 12.2 Å². The fourth-order valence-corrected chi connectivity index (χ4v) is 3.53. The molecule has 3 nitrogen and oxygen atoms in total. The Morgan fingerprint density at radius 3 is 1.79 bits per heavy atom. The molecule has 0 unspecified atom stereocenters. The van der Waals surface area contributed by atoms with Crippen molar-refractivity contribution in [1.29, 1.82) is 0 Å². The Morgan fingerprint density at radius 2 is 1.28 bits per heavy atom. The highest BCUT2D eigenvalue weighted by Gasteiger charge is 1.96. The maximum Gasteiger partial charge on any atom is 0.186 e. The Kier molecular flexibility index (Phi) is 16.4. The van der Waals surface area contributed by atoms with Crippen molar-refractivity contribution in [2.24, 2.45) is 5.10 Å². The van der Waals surface area contributed by atoms with Gasteiger partial charge in [0.2, 0.25) is 0 Å². The van der Waals surface area contributed by atoms with Gasteiger partial charge in [-0.1, -0.05) is 120 Å². The van der Waals surface area contributed by atoms with Crippen molar-refractivity contribution in [3.8, 4) is 0 Å². The lowest BCUT2D eigenvalue weighted by molar-refractivity contribution is 0.535. The topological polar surface area (TPSA) is 36.4 Å². The molecule has 0 aliphatic rings. The number of nitrogens with one attached hydrogen (secondary N) is 2. The van der Waals surface area contributed by atoms with Crippen LogP contribution in [-0.4, -0.2) is 17.9 Å². The number of nitrogens with zero attached hydrogens (tertiary/aromatic N) is 1. The molecule has 1 rings (SSSR count). The summed E-state index contributed by atoms with van der Waals surface area (Å²) in [4.78, 5) is 0. The van der Waals surface area contributed by atoms with E-state index in [1.54, 1.807) is 6.21 Å². The Morgan fingerprint density at radius 1 is 0.793 bits per heavy atom. The summed E-state index contributed by atoms with van der Waals surface area (Å²) in [5, 5.41) is 8.01. The van der Waals surface area contributed by atoms with Crippen LogP contribution in [0.3, 0.4) is 0 Å². The fraction of sp³-hybridized carbons (Fsp3) is 0.680. The molecule has 2 N–H and O–H groups in total. The molecule has 0 aromatic heterocycles. The molecule has 0 saturated heterocycles. The van der Waals surface area contributed by atoms with E-state index in [0.29, 0.717) is 5.11 Å². The third-order valence-corrected chi connectivity index (χ3v) is 5.51. The summed E-state index contributed by atoms with van der Waals surface area (Å²) in [6.07, 6.45) is 21.2. The van der Waals surface area contributed by atoms with Crippen molar-refractivity contribution in [2.75, 3.05) is 6.54 Å². The molecule has 0 saturated carbocycles. The number of hydrogen-bond donors (Lipinski definition) is 2. The van der Waals surface area contributed by atoms with Crippen LogP contribution in [-0.2, 0) is 0 Å². The van der Waals surface area contributed by atoms with Crippen molar-refractivity contribution in [2.45, 2.75) is 104 Å². The normalized spacial score (nSPS) is 11.1. The first-order valence-electron chi connectivity index (χ1n) is 11.9. The number of aryl methyl sites for hydroxylation is 1. The Labute approximate surface area is 185 Å². The van der Waals surface area contributed by atoms with Crippen LogP contribution in [0, 0.1) is 6.92 Å². The number of hydrogen-bond acceptors (Lipinski definition) is 2. The largest absolute Gasteiger partial charge is 0.361 e. The molecular weight excluding hydrogens is 374 g/mol. The lowest BCUT2D eigenvalue weighted by Gasteiger charge is -2.07. The smallest absolute Gasteiger partial charge is 0.186 e. The standard InChI is InChI=1S/C25H43N3S/c1-3-4-5-6-7-8-9-10-11-12-13-14-15-16-21-26-25(29)28-27-22-24-19-17-23(2)18-20-24/h17-20,22H,3-16,21H2,1-2H3,(H2,26,28,29)/b27-22+. The number of thiocarbonyl (C=S) groups is 1. The highest BCUT2D eigenvalue weighted by atomic mass is 32.1. The Balaban J connectivity index is 1.83. The minimum Gasteiger partial charge on any atom is -0.361 e. The highest BCUT2D eigenvalue weighted by molar-refractivity contribution is 7.80. The molecule has 0 aliphatic heterocycles. The van der Waals surface area contributed by atoms with Gasteiger partial charge >= 0.3 is 0 Å². The van der Waals surface area contributed by atoms with E-state index in [-0.39, 0.29) is 0 Å². The second-order valence-corrected chi connectivity index (χ2v) is 8.54. The summed E-state index contributed by atoms with van der Waals surface area (Å²) >= 11 is 5.25. The van der Waals surface area contributed by atoms with Crippen LogP contribution in [0.2, 0.25) is 0 Å². The van der Waals surface area contributed by atoms with E-state index in [9.17, 15) is 0 Å². The van der Waals surface area contributed by atoms with Gasteiger partial charge in [0.25, 0.3) is 0 Å². The predicted molar refractivity (Wildman–Crippen MR) is 133 cm³/mol. The van der Waals surface area contributed by atoms with E-state index in [1.165, 1.54) is 95.5 Å². The van der Waals surface area contributed by atoms with Crippen LogP contribution in [0.4, 0.5) is 0 Å². The third-order valence-electron chi connectivity index (χ3n) is 5.27. The van der Waals surface area contributed by atoms with Crippen molar-refractivity contribution in [1.82, 2.24) is 10.7 Å². The molecular formula is C25H43N3S. The molecule has 0 aliphatic carbocycles. The average molecular weight is 418 g/mol. The Hall–Kier alpha value is -1.42. The molecule has 0 atom stereocenters. The van der Waals surface area contributed by atoms with E-state index in [1.807, 2.05) is 12.1 Å². The van der Waals surface area contributed by atoms with Crippen LogP contribution in [0.1, 0.15) is 108 Å². The minimum atomic E-state index is 0.600. The molecule has 1 aromatic carbocycles. The van der Waals surface area contributed by atoms with E-state index in [2.05, 4.69) is 41.8 Å². The molecule has 0 heterocycles. The second-order valence-electron chi connectivity index (χ2n) is 8.13. The summed E-state index contributed by atoms with van der Waals surface area (Å²) in [7, 11) is 0. The lowest BCUT2D eigenvalue weighted by atomic mass is 10.0. The molecule has 0 radical (unpaired) electrons. The molecule has 0 amide bonds. The van der Waals surface area contributed by atoms with Crippen molar-refractivity contribution in [3.05, 3.63) is 35.4 Å². The van der Waals surface area contributed by atoms with E-state index < -0.39 is 0 Å². The first kappa shape index (κ1) is 25.6. The molecule has 0 bridgehead atoms. The number of benzene rings is 1.